The van der Waals surface area contributed by atoms with Crippen LogP contribution in [-0.4, -0.2) is 31.4 Å². The minimum Gasteiger partial charge on any atom is -0.309 e. The highest BCUT2D eigenvalue weighted by Gasteiger charge is 2.48. The molecule has 2 amide bonds. The summed E-state index contributed by atoms with van der Waals surface area (Å²) in [5, 5.41) is 14.9. The molecule has 166 valence electrons. The molecule has 2 unspecified atom stereocenters. The van der Waals surface area contributed by atoms with Crippen LogP contribution in [0.25, 0.3) is 0 Å². The summed E-state index contributed by atoms with van der Waals surface area (Å²) in [4.78, 5) is 25.2. The van der Waals surface area contributed by atoms with Gasteiger partial charge in [0.15, 0.2) is 11.6 Å². The Bertz CT molecular complexity index is 848. The lowest BCUT2D eigenvalue weighted by Gasteiger charge is -2.21. The van der Waals surface area contributed by atoms with Gasteiger partial charge in [-0.1, -0.05) is 38.5 Å². The Morgan fingerprint density at radius 3 is 1.55 bits per heavy atom. The second-order valence-corrected chi connectivity index (χ2v) is 9.37. The smallest absolute Gasteiger partial charge is 0.229 e. The van der Waals surface area contributed by atoms with Crippen LogP contribution in [0.5, 0.6) is 0 Å². The first kappa shape index (κ1) is 20.3. The van der Waals surface area contributed by atoms with Crippen LogP contribution in [0.2, 0.25) is 0 Å². The summed E-state index contributed by atoms with van der Waals surface area (Å²) in [6, 6.07) is 4.57. The topological polar surface area (TPSA) is 93.8 Å². The molecule has 0 bridgehead atoms. The molecule has 31 heavy (non-hydrogen) atoms. The second kappa shape index (κ2) is 8.85. The fourth-order valence-electron chi connectivity index (χ4n) is 5.12. The van der Waals surface area contributed by atoms with Crippen molar-refractivity contribution in [1.29, 1.82) is 0 Å². The summed E-state index contributed by atoms with van der Waals surface area (Å²) in [5.74, 6) is 0.324. The normalized spacial score (nSPS) is 24.6. The molecule has 3 aliphatic rings. The van der Waals surface area contributed by atoms with Gasteiger partial charge in [0.1, 0.15) is 0 Å². The van der Waals surface area contributed by atoms with Crippen molar-refractivity contribution in [3.8, 4) is 0 Å². The van der Waals surface area contributed by atoms with E-state index in [1.165, 1.54) is 38.5 Å². The summed E-state index contributed by atoms with van der Waals surface area (Å²) in [5.41, 5.74) is 0. The van der Waals surface area contributed by atoms with Crippen molar-refractivity contribution in [3.05, 3.63) is 24.5 Å². The van der Waals surface area contributed by atoms with Gasteiger partial charge in [0.25, 0.3) is 0 Å². The maximum Gasteiger partial charge on any atom is 0.229 e. The third kappa shape index (κ3) is 4.67. The number of nitrogens with zero attached hydrogens (tertiary/aromatic N) is 4. The average Bonchev–Trinajstić information content (AvgIpc) is 3.26. The minimum absolute atomic E-state index is 0.123. The van der Waals surface area contributed by atoms with Crippen molar-refractivity contribution >= 4 is 23.5 Å². The van der Waals surface area contributed by atoms with Crippen LogP contribution in [-0.2, 0) is 9.59 Å². The van der Waals surface area contributed by atoms with Gasteiger partial charge < -0.3 is 10.6 Å². The van der Waals surface area contributed by atoms with Gasteiger partial charge in [-0.2, -0.15) is 10.2 Å². The van der Waals surface area contributed by atoms with E-state index in [2.05, 4.69) is 20.8 Å². The quantitative estimate of drug-likeness (QED) is 0.723. The lowest BCUT2D eigenvalue weighted by molar-refractivity contribution is -0.122. The van der Waals surface area contributed by atoms with Gasteiger partial charge in [-0.25, -0.2) is 0 Å². The Balaban J connectivity index is 1.11. The van der Waals surface area contributed by atoms with Gasteiger partial charge in [0.05, 0.1) is 23.9 Å². The first-order valence-corrected chi connectivity index (χ1v) is 11.9. The predicted molar refractivity (Wildman–Crippen MR) is 118 cm³/mol. The SMILES string of the molecule is O=C(Nc1ccn(C2CCCCC2)n1)C1CC1C(=O)Nc1ccn(C2CCCCC2)n1. The molecule has 5 rings (SSSR count). The van der Waals surface area contributed by atoms with Gasteiger partial charge in [-0.05, 0) is 32.1 Å². The summed E-state index contributed by atoms with van der Waals surface area (Å²) < 4.78 is 3.96. The van der Waals surface area contributed by atoms with Gasteiger partial charge in [0, 0.05) is 24.5 Å². The van der Waals surface area contributed by atoms with Crippen molar-refractivity contribution in [2.75, 3.05) is 10.6 Å². The zero-order valence-corrected chi connectivity index (χ0v) is 18.0. The molecule has 3 fully saturated rings. The summed E-state index contributed by atoms with van der Waals surface area (Å²) >= 11 is 0. The molecule has 0 spiro atoms. The molecule has 0 saturated heterocycles. The van der Waals surface area contributed by atoms with Crippen LogP contribution in [0.15, 0.2) is 24.5 Å². The van der Waals surface area contributed by atoms with Gasteiger partial charge in [-0.3, -0.25) is 19.0 Å². The summed E-state index contributed by atoms with van der Waals surface area (Å²) in [7, 11) is 0. The number of amides is 2. The zero-order valence-electron chi connectivity index (χ0n) is 18.0. The highest BCUT2D eigenvalue weighted by atomic mass is 16.2. The van der Waals surface area contributed by atoms with Gasteiger partial charge in [0.2, 0.25) is 11.8 Å². The molecule has 0 radical (unpaired) electrons. The lowest BCUT2D eigenvalue weighted by atomic mass is 9.96. The Morgan fingerprint density at radius 2 is 1.13 bits per heavy atom. The lowest BCUT2D eigenvalue weighted by Crippen LogP contribution is -2.21. The fraction of sp³-hybridized carbons (Fsp3) is 0.652. The van der Waals surface area contributed by atoms with Crippen LogP contribution in [0.1, 0.15) is 82.7 Å². The van der Waals surface area contributed by atoms with Crippen molar-refractivity contribution < 1.29 is 9.59 Å². The standard InChI is InChI=1S/C23H32N6O2/c30-22(24-20-11-13-28(26-20)16-7-3-1-4-8-16)18-15-19(18)23(31)25-21-12-14-29(27-21)17-9-5-2-6-10-17/h11-14,16-19H,1-10,15H2,(H,24,26,30)(H,25,27,31). The molecular formula is C23H32N6O2. The Labute approximate surface area is 182 Å². The van der Waals surface area contributed by atoms with Crippen molar-refractivity contribution in [2.24, 2.45) is 11.8 Å². The highest BCUT2D eigenvalue weighted by Crippen LogP contribution is 2.40. The highest BCUT2D eigenvalue weighted by molar-refractivity contribution is 6.02. The number of carbonyl (C=O) groups is 2. The van der Waals surface area contributed by atoms with Crippen molar-refractivity contribution in [3.63, 3.8) is 0 Å². The number of hydrogen-bond acceptors (Lipinski definition) is 4. The Kier molecular flexibility index (Phi) is 5.78. The molecule has 8 nitrogen and oxygen atoms in total. The largest absolute Gasteiger partial charge is 0.309 e. The number of anilines is 2. The Hall–Kier alpha value is -2.64. The third-order valence-corrected chi connectivity index (χ3v) is 7.08. The molecule has 0 aromatic carbocycles. The third-order valence-electron chi connectivity index (χ3n) is 7.08. The molecule has 3 aliphatic carbocycles. The first-order chi connectivity index (χ1) is 15.2. The van der Waals surface area contributed by atoms with Crippen molar-refractivity contribution in [2.45, 2.75) is 82.7 Å². The van der Waals surface area contributed by atoms with Gasteiger partial charge in [-0.15, -0.1) is 0 Å². The monoisotopic (exact) mass is 424 g/mol. The molecule has 2 heterocycles. The van der Waals surface area contributed by atoms with Crippen LogP contribution in [0, 0.1) is 11.8 Å². The molecule has 2 aromatic rings. The first-order valence-electron chi connectivity index (χ1n) is 11.9. The van der Waals surface area contributed by atoms with E-state index in [4.69, 9.17) is 0 Å². The maximum absolute atomic E-state index is 12.6. The molecule has 0 aliphatic heterocycles. The molecule has 8 heteroatoms. The van der Waals surface area contributed by atoms with E-state index < -0.39 is 0 Å². The summed E-state index contributed by atoms with van der Waals surface area (Å²) in [6.07, 6.45) is 16.6. The maximum atomic E-state index is 12.6. The molecule has 2 N–H and O–H groups in total. The van der Waals surface area contributed by atoms with Crippen LogP contribution >= 0.6 is 0 Å². The number of rotatable bonds is 6. The van der Waals surface area contributed by atoms with E-state index in [1.54, 1.807) is 0 Å². The second-order valence-electron chi connectivity index (χ2n) is 9.37. The number of carbonyl (C=O) groups excluding carboxylic acids is 2. The molecule has 2 aromatic heterocycles. The molecule has 2 atom stereocenters. The van der Waals surface area contributed by atoms with E-state index in [0.29, 0.717) is 30.1 Å². The Morgan fingerprint density at radius 1 is 0.710 bits per heavy atom. The van der Waals surface area contributed by atoms with Gasteiger partial charge >= 0.3 is 0 Å². The van der Waals surface area contributed by atoms with Crippen LogP contribution in [0.4, 0.5) is 11.6 Å². The van der Waals surface area contributed by atoms with Crippen LogP contribution < -0.4 is 10.6 Å². The number of hydrogen-bond donors (Lipinski definition) is 2. The van der Waals surface area contributed by atoms with Crippen molar-refractivity contribution in [1.82, 2.24) is 19.6 Å². The number of aromatic nitrogens is 4. The minimum atomic E-state index is -0.291. The van der Waals surface area contributed by atoms with Crippen LogP contribution in [0.3, 0.4) is 0 Å². The fourth-order valence-corrected chi connectivity index (χ4v) is 5.12. The van der Waals surface area contributed by atoms with E-state index in [9.17, 15) is 9.59 Å². The van der Waals surface area contributed by atoms with E-state index in [-0.39, 0.29) is 23.7 Å². The van der Waals surface area contributed by atoms with E-state index in [0.717, 1.165) is 25.7 Å². The molecule has 3 saturated carbocycles. The summed E-state index contributed by atoms with van der Waals surface area (Å²) in [6.45, 7) is 0. The average molecular weight is 425 g/mol. The number of nitrogens with one attached hydrogen (secondary N) is 2. The zero-order chi connectivity index (χ0) is 21.2. The van der Waals surface area contributed by atoms with E-state index in [1.807, 2.05) is 33.9 Å². The molecular weight excluding hydrogens is 392 g/mol. The predicted octanol–water partition coefficient (Wildman–Crippen LogP) is 4.30. The van der Waals surface area contributed by atoms with E-state index >= 15 is 0 Å².